The summed E-state index contributed by atoms with van der Waals surface area (Å²) in [6.07, 6.45) is 0. The van der Waals surface area contributed by atoms with E-state index in [0.29, 0.717) is 0 Å². The third kappa shape index (κ3) is 2.22. The summed E-state index contributed by atoms with van der Waals surface area (Å²) < 4.78 is 25.3. The molecule has 6 nitrogen and oxygen atoms in total. The highest BCUT2D eigenvalue weighted by molar-refractivity contribution is 5.94. The zero-order chi connectivity index (χ0) is 13.9. The molecule has 1 N–H and O–H groups in total. The molecule has 0 aliphatic heterocycles. The minimum atomic E-state index is -2.83. The van der Waals surface area contributed by atoms with Gasteiger partial charge in [0.1, 0.15) is 0 Å². The van der Waals surface area contributed by atoms with Crippen molar-refractivity contribution in [3.8, 4) is 5.75 Å². The van der Waals surface area contributed by atoms with E-state index in [4.69, 9.17) is 4.11 Å². The molecular formula is C9H10N2O4. The van der Waals surface area contributed by atoms with Crippen molar-refractivity contribution >= 4 is 11.6 Å². The van der Waals surface area contributed by atoms with Crippen LogP contribution >= 0.6 is 0 Å². The van der Waals surface area contributed by atoms with Crippen LogP contribution in [0.1, 0.15) is 14.5 Å². The number of nitrogens with one attached hydrogen (secondary N) is 1. The fraction of sp³-hybridized carbons (Fsp3) is 0.222. The number of carbonyl (C=O) groups is 1. The van der Waals surface area contributed by atoms with Gasteiger partial charge in [0.2, 0.25) is 0 Å². The number of benzene rings is 1. The average Bonchev–Trinajstić information content (AvgIpc) is 2.25. The highest BCUT2D eigenvalue weighted by Gasteiger charge is 2.16. The predicted molar refractivity (Wildman–Crippen MR) is 53.0 cm³/mol. The van der Waals surface area contributed by atoms with Gasteiger partial charge in [0.25, 0.3) is 5.91 Å². The number of nitrogens with zero attached hydrogens (tertiary/aromatic N) is 1. The van der Waals surface area contributed by atoms with Gasteiger partial charge in [-0.1, -0.05) is 0 Å². The molecule has 0 radical (unpaired) electrons. The minimum absolute atomic E-state index is 0.0716. The number of carbonyl (C=O) groups excluding carboxylic acids is 1. The van der Waals surface area contributed by atoms with Crippen molar-refractivity contribution in [3.05, 3.63) is 33.9 Å². The molecule has 1 aromatic rings. The van der Waals surface area contributed by atoms with E-state index in [1.807, 2.05) is 0 Å². The maximum Gasteiger partial charge on any atom is 0.310 e. The van der Waals surface area contributed by atoms with Gasteiger partial charge in [-0.15, -0.1) is 0 Å². The van der Waals surface area contributed by atoms with Crippen LogP contribution in [-0.4, -0.2) is 24.9 Å². The van der Waals surface area contributed by atoms with Crippen LogP contribution in [0, 0.1) is 10.1 Å². The van der Waals surface area contributed by atoms with E-state index in [-0.39, 0.29) is 5.56 Å². The van der Waals surface area contributed by atoms with Crippen molar-refractivity contribution in [2.45, 2.75) is 0 Å². The summed E-state index contributed by atoms with van der Waals surface area (Å²) in [7, 11) is -1.44. The Hall–Kier alpha value is -2.11. The van der Waals surface area contributed by atoms with Gasteiger partial charge in [0.15, 0.2) is 5.75 Å². The number of hydrogen-bond donors (Lipinski definition) is 1. The molecule has 0 saturated heterocycles. The molecule has 0 aliphatic rings. The molecule has 0 atom stereocenters. The van der Waals surface area contributed by atoms with Crippen molar-refractivity contribution in [2.75, 3.05) is 14.1 Å². The second-order valence-corrected chi connectivity index (χ2v) is 2.62. The van der Waals surface area contributed by atoms with Crippen LogP contribution in [0.4, 0.5) is 5.69 Å². The summed E-state index contributed by atoms with van der Waals surface area (Å²) in [6, 6.07) is 3.25. The lowest BCUT2D eigenvalue weighted by Crippen LogP contribution is -2.17. The van der Waals surface area contributed by atoms with Crippen molar-refractivity contribution in [3.63, 3.8) is 0 Å². The van der Waals surface area contributed by atoms with Crippen molar-refractivity contribution < 1.29 is 18.6 Å². The van der Waals surface area contributed by atoms with Crippen LogP contribution in [0.25, 0.3) is 0 Å². The lowest BCUT2D eigenvalue weighted by molar-refractivity contribution is -0.385. The summed E-state index contributed by atoms with van der Waals surface area (Å²) in [5, 5.41) is 13.0. The number of ether oxygens (including phenoxy) is 1. The molecule has 80 valence electrons. The maximum absolute atomic E-state index is 11.3. The Morgan fingerprint density at radius 2 is 2.40 bits per heavy atom. The third-order valence-electron chi connectivity index (χ3n) is 1.76. The van der Waals surface area contributed by atoms with Crippen LogP contribution in [-0.2, 0) is 0 Å². The normalized spacial score (nSPS) is 13.3. The van der Waals surface area contributed by atoms with Gasteiger partial charge >= 0.3 is 5.69 Å². The summed E-state index contributed by atoms with van der Waals surface area (Å²) in [6.45, 7) is 0. The summed E-state index contributed by atoms with van der Waals surface area (Å²) in [5.74, 6) is -0.971. The maximum atomic E-state index is 11.3. The van der Waals surface area contributed by atoms with Gasteiger partial charge in [0.05, 0.1) is 16.1 Å². The molecule has 0 fully saturated rings. The van der Waals surface area contributed by atoms with Gasteiger partial charge in [-0.25, -0.2) is 0 Å². The Bertz CT molecular complexity index is 487. The van der Waals surface area contributed by atoms with E-state index >= 15 is 0 Å². The van der Waals surface area contributed by atoms with Crippen molar-refractivity contribution in [1.29, 1.82) is 0 Å². The first-order valence-corrected chi connectivity index (χ1v) is 3.94. The SMILES string of the molecule is [2H]C([2H])([2H])Oc1cc(C(=O)NC)ccc1[N+](=O)[O-]. The largest absolute Gasteiger partial charge is 0.490 e. The van der Waals surface area contributed by atoms with Gasteiger partial charge in [-0.2, -0.15) is 0 Å². The Morgan fingerprint density at radius 3 is 2.93 bits per heavy atom. The van der Waals surface area contributed by atoms with Crippen LogP contribution in [0.5, 0.6) is 5.75 Å². The molecule has 0 aromatic heterocycles. The number of nitro benzene ring substituents is 1. The molecule has 0 saturated carbocycles. The van der Waals surface area contributed by atoms with Gasteiger partial charge in [-0.05, 0) is 6.07 Å². The Morgan fingerprint density at radius 1 is 1.67 bits per heavy atom. The van der Waals surface area contributed by atoms with E-state index in [1.54, 1.807) is 0 Å². The average molecular weight is 213 g/mol. The van der Waals surface area contributed by atoms with E-state index in [9.17, 15) is 14.9 Å². The number of amides is 1. The molecule has 0 heterocycles. The van der Waals surface area contributed by atoms with E-state index in [2.05, 4.69) is 10.1 Å². The molecule has 1 amide bonds. The Labute approximate surface area is 90.2 Å². The number of nitro groups is 1. The molecule has 0 aliphatic carbocycles. The third-order valence-corrected chi connectivity index (χ3v) is 1.76. The summed E-state index contributed by atoms with van der Waals surface area (Å²) >= 11 is 0. The number of methoxy groups -OCH3 is 1. The second kappa shape index (κ2) is 4.41. The van der Waals surface area contributed by atoms with Crippen LogP contribution in [0.3, 0.4) is 0 Å². The quantitative estimate of drug-likeness (QED) is 0.599. The van der Waals surface area contributed by atoms with E-state index in [0.717, 1.165) is 12.1 Å². The molecule has 1 aromatic carbocycles. The number of hydrogen-bond acceptors (Lipinski definition) is 4. The molecule has 0 spiro atoms. The van der Waals surface area contributed by atoms with E-state index in [1.165, 1.54) is 13.1 Å². The van der Waals surface area contributed by atoms with Crippen molar-refractivity contribution in [2.24, 2.45) is 0 Å². The highest BCUT2D eigenvalue weighted by Crippen LogP contribution is 2.27. The van der Waals surface area contributed by atoms with E-state index < -0.39 is 29.3 Å². The first kappa shape index (κ1) is 7.22. The second-order valence-electron chi connectivity index (χ2n) is 2.62. The fourth-order valence-corrected chi connectivity index (χ4v) is 1.03. The van der Waals surface area contributed by atoms with Gasteiger partial charge in [0, 0.05) is 24.7 Å². The number of rotatable bonds is 3. The molecule has 0 bridgehead atoms. The standard InChI is InChI=1S/C9H10N2O4/c1-10-9(12)6-3-4-7(11(13)14)8(5-6)15-2/h3-5H,1-2H3,(H,10,12)/i2D3. The van der Waals surface area contributed by atoms with Crippen molar-refractivity contribution in [1.82, 2.24) is 5.32 Å². The predicted octanol–water partition coefficient (Wildman–Crippen LogP) is 0.963. The molecule has 0 unspecified atom stereocenters. The fourth-order valence-electron chi connectivity index (χ4n) is 1.03. The summed E-state index contributed by atoms with van der Waals surface area (Å²) in [4.78, 5) is 21.3. The molecule has 15 heavy (non-hydrogen) atoms. The Kier molecular flexibility index (Phi) is 2.12. The zero-order valence-corrected chi connectivity index (χ0v) is 7.81. The first-order chi connectivity index (χ1) is 8.24. The van der Waals surface area contributed by atoms with Gasteiger partial charge < -0.3 is 10.1 Å². The molecule has 6 heteroatoms. The first-order valence-electron chi connectivity index (χ1n) is 5.44. The zero-order valence-electron chi connectivity index (χ0n) is 10.8. The molecule has 1 rings (SSSR count). The van der Waals surface area contributed by atoms with Crippen LogP contribution < -0.4 is 10.1 Å². The lowest BCUT2D eigenvalue weighted by Gasteiger charge is -2.04. The monoisotopic (exact) mass is 213 g/mol. The lowest BCUT2D eigenvalue weighted by atomic mass is 10.2. The highest BCUT2D eigenvalue weighted by atomic mass is 16.6. The summed E-state index contributed by atoms with van der Waals surface area (Å²) in [5.41, 5.74) is -0.443. The van der Waals surface area contributed by atoms with Gasteiger partial charge in [-0.3, -0.25) is 14.9 Å². The van der Waals surface area contributed by atoms with Crippen LogP contribution in [0.2, 0.25) is 0 Å². The molecular weight excluding hydrogens is 200 g/mol. The topological polar surface area (TPSA) is 81.5 Å². The smallest absolute Gasteiger partial charge is 0.310 e. The Balaban J connectivity index is 3.24. The van der Waals surface area contributed by atoms with Crippen LogP contribution in [0.15, 0.2) is 18.2 Å². The minimum Gasteiger partial charge on any atom is -0.490 e.